The summed E-state index contributed by atoms with van der Waals surface area (Å²) < 4.78 is 0. The third-order valence-corrected chi connectivity index (χ3v) is 6.03. The number of nitrogens with zero attached hydrogens (tertiary/aromatic N) is 4. The normalized spacial score (nSPS) is 16.8. The first kappa shape index (κ1) is 20.6. The van der Waals surface area contributed by atoms with Gasteiger partial charge in [0.1, 0.15) is 5.82 Å². The lowest BCUT2D eigenvalue weighted by molar-refractivity contribution is 0.270. The zero-order valence-corrected chi connectivity index (χ0v) is 18.0. The lowest BCUT2D eigenvalue weighted by Crippen LogP contribution is -2.46. The van der Waals surface area contributed by atoms with Crippen molar-refractivity contribution in [2.75, 3.05) is 51.2 Å². The van der Waals surface area contributed by atoms with Gasteiger partial charge in [-0.05, 0) is 46.5 Å². The summed E-state index contributed by atoms with van der Waals surface area (Å²) in [5, 5.41) is 11.1. The number of pyridine rings is 1. The Bertz CT molecular complexity index is 720. The molecule has 3 heterocycles. The Hall–Kier alpha value is -2.12. The van der Waals surface area contributed by atoms with Crippen LogP contribution in [-0.4, -0.2) is 62.2 Å². The molecule has 1 unspecified atom stereocenters. The van der Waals surface area contributed by atoms with Gasteiger partial charge >= 0.3 is 0 Å². The zero-order chi connectivity index (χ0) is 19.8. The highest BCUT2D eigenvalue weighted by Gasteiger charge is 2.16. The molecule has 1 atom stereocenters. The van der Waals surface area contributed by atoms with Crippen molar-refractivity contribution in [1.29, 1.82) is 0 Å². The van der Waals surface area contributed by atoms with Gasteiger partial charge in [0, 0.05) is 52.5 Å². The van der Waals surface area contributed by atoms with Crippen LogP contribution in [0, 0.1) is 0 Å². The highest BCUT2D eigenvalue weighted by Crippen LogP contribution is 2.17. The molecule has 152 valence electrons. The smallest absolute Gasteiger partial charge is 0.191 e. The Labute approximate surface area is 172 Å². The highest BCUT2D eigenvalue weighted by molar-refractivity contribution is 7.07. The van der Waals surface area contributed by atoms with Crippen LogP contribution >= 0.6 is 11.3 Å². The van der Waals surface area contributed by atoms with E-state index < -0.39 is 0 Å². The van der Waals surface area contributed by atoms with Crippen LogP contribution in [0.15, 0.2) is 40.1 Å². The summed E-state index contributed by atoms with van der Waals surface area (Å²) in [6.07, 6.45) is 1.97. The molecule has 1 aliphatic rings. The lowest BCUT2D eigenvalue weighted by Gasteiger charge is -2.34. The minimum absolute atomic E-state index is 0.457. The summed E-state index contributed by atoms with van der Waals surface area (Å²) in [4.78, 5) is 13.8. The highest BCUT2D eigenvalue weighted by atomic mass is 32.1. The Morgan fingerprint density at radius 1 is 1.21 bits per heavy atom. The van der Waals surface area contributed by atoms with Gasteiger partial charge in [-0.3, -0.25) is 4.99 Å². The van der Waals surface area contributed by atoms with Crippen LogP contribution in [0.25, 0.3) is 0 Å². The van der Waals surface area contributed by atoms with Gasteiger partial charge in [0.25, 0.3) is 0 Å². The summed E-state index contributed by atoms with van der Waals surface area (Å²) in [5.74, 6) is 2.35. The molecule has 1 saturated heterocycles. The van der Waals surface area contributed by atoms with Gasteiger partial charge in [-0.15, -0.1) is 0 Å². The minimum atomic E-state index is 0.457. The third kappa shape index (κ3) is 5.69. The molecule has 3 rings (SSSR count). The fraction of sp³-hybridized carbons (Fsp3) is 0.524. The molecular formula is C21H32N6S. The van der Waals surface area contributed by atoms with E-state index in [-0.39, 0.29) is 0 Å². The summed E-state index contributed by atoms with van der Waals surface area (Å²) >= 11 is 1.74. The van der Waals surface area contributed by atoms with Crippen molar-refractivity contribution < 1.29 is 0 Å². The molecule has 0 bridgehead atoms. The lowest BCUT2D eigenvalue weighted by atomic mass is 10.1. The average molecular weight is 401 g/mol. The number of anilines is 1. The molecule has 2 N–H and O–H groups in total. The Morgan fingerprint density at radius 2 is 2.04 bits per heavy atom. The van der Waals surface area contributed by atoms with Crippen LogP contribution in [0.2, 0.25) is 0 Å². The number of rotatable bonds is 7. The number of hydrogen-bond donors (Lipinski definition) is 2. The maximum Gasteiger partial charge on any atom is 0.191 e. The number of piperazine rings is 1. The first-order chi connectivity index (χ1) is 13.7. The van der Waals surface area contributed by atoms with E-state index in [1.807, 2.05) is 13.2 Å². The van der Waals surface area contributed by atoms with Crippen LogP contribution in [0.5, 0.6) is 0 Å². The molecular weight excluding hydrogens is 368 g/mol. The number of thiophene rings is 1. The standard InChI is InChI=1S/C21H32N6S/c1-4-26-8-10-27(11-9-26)20-6-5-18(14-23-20)15-25-21(22-3)24-13-17(2)19-7-12-28-16-19/h5-7,12,14,16-17H,4,8-11,13,15H2,1-3H3,(H2,22,24,25). The molecule has 1 fully saturated rings. The number of guanidine groups is 1. The third-order valence-electron chi connectivity index (χ3n) is 5.32. The summed E-state index contributed by atoms with van der Waals surface area (Å²) in [5.41, 5.74) is 2.53. The molecule has 0 spiro atoms. The van der Waals surface area contributed by atoms with E-state index in [4.69, 9.17) is 0 Å². The largest absolute Gasteiger partial charge is 0.356 e. The predicted octanol–water partition coefficient (Wildman–Crippen LogP) is 2.75. The summed E-state index contributed by atoms with van der Waals surface area (Å²) in [7, 11) is 1.81. The molecule has 7 heteroatoms. The first-order valence-corrected chi connectivity index (χ1v) is 11.0. The van der Waals surface area contributed by atoms with E-state index in [1.54, 1.807) is 11.3 Å². The van der Waals surface area contributed by atoms with Crippen molar-refractivity contribution in [2.45, 2.75) is 26.3 Å². The average Bonchev–Trinajstić information content (AvgIpc) is 3.29. The van der Waals surface area contributed by atoms with E-state index in [1.165, 1.54) is 5.56 Å². The Balaban J connectivity index is 1.44. The maximum atomic E-state index is 4.67. The second-order valence-corrected chi connectivity index (χ2v) is 7.99. The van der Waals surface area contributed by atoms with Crippen LogP contribution in [0.1, 0.15) is 30.9 Å². The number of nitrogens with one attached hydrogen (secondary N) is 2. The maximum absolute atomic E-state index is 4.67. The van der Waals surface area contributed by atoms with Gasteiger partial charge in [0.05, 0.1) is 0 Å². The summed E-state index contributed by atoms with van der Waals surface area (Å²) in [6.45, 7) is 11.5. The molecule has 1 aliphatic heterocycles. The Morgan fingerprint density at radius 3 is 2.64 bits per heavy atom. The fourth-order valence-electron chi connectivity index (χ4n) is 3.33. The molecule has 0 aromatic carbocycles. The van der Waals surface area contributed by atoms with Crippen molar-refractivity contribution in [1.82, 2.24) is 20.5 Å². The molecule has 0 amide bonds. The van der Waals surface area contributed by atoms with Gasteiger partial charge in [-0.1, -0.05) is 19.9 Å². The van der Waals surface area contributed by atoms with E-state index in [2.05, 4.69) is 73.2 Å². The topological polar surface area (TPSA) is 55.8 Å². The molecule has 6 nitrogen and oxygen atoms in total. The molecule has 2 aromatic rings. The minimum Gasteiger partial charge on any atom is -0.356 e. The van der Waals surface area contributed by atoms with Gasteiger partial charge in [-0.2, -0.15) is 11.3 Å². The summed E-state index contributed by atoms with van der Waals surface area (Å²) in [6, 6.07) is 6.47. The van der Waals surface area contributed by atoms with Gasteiger partial charge < -0.3 is 20.4 Å². The Kier molecular flexibility index (Phi) is 7.68. The number of aliphatic imine (C=N–C) groups is 1. The molecule has 2 aromatic heterocycles. The van der Waals surface area contributed by atoms with Crippen molar-refractivity contribution in [3.63, 3.8) is 0 Å². The second-order valence-electron chi connectivity index (χ2n) is 7.21. The number of hydrogen-bond acceptors (Lipinski definition) is 5. The van der Waals surface area contributed by atoms with E-state index >= 15 is 0 Å². The van der Waals surface area contributed by atoms with Crippen LogP contribution in [-0.2, 0) is 6.54 Å². The van der Waals surface area contributed by atoms with Crippen molar-refractivity contribution >= 4 is 23.1 Å². The quantitative estimate of drug-likeness (QED) is 0.553. The predicted molar refractivity (Wildman–Crippen MR) is 119 cm³/mol. The molecule has 0 saturated carbocycles. The second kappa shape index (κ2) is 10.4. The monoisotopic (exact) mass is 400 g/mol. The first-order valence-electron chi connectivity index (χ1n) is 10.1. The van der Waals surface area contributed by atoms with E-state index in [0.717, 1.165) is 56.6 Å². The number of aromatic nitrogens is 1. The van der Waals surface area contributed by atoms with Gasteiger partial charge in [-0.25, -0.2) is 4.98 Å². The van der Waals surface area contributed by atoms with Crippen molar-refractivity contribution in [3.8, 4) is 0 Å². The molecule has 0 aliphatic carbocycles. The van der Waals surface area contributed by atoms with Crippen molar-refractivity contribution in [3.05, 3.63) is 46.3 Å². The zero-order valence-electron chi connectivity index (χ0n) is 17.2. The van der Waals surface area contributed by atoms with E-state index in [9.17, 15) is 0 Å². The molecule has 0 radical (unpaired) electrons. The molecule has 28 heavy (non-hydrogen) atoms. The van der Waals surface area contributed by atoms with Crippen molar-refractivity contribution in [2.24, 2.45) is 4.99 Å². The fourth-order valence-corrected chi connectivity index (χ4v) is 4.11. The van der Waals surface area contributed by atoms with E-state index in [0.29, 0.717) is 12.5 Å². The van der Waals surface area contributed by atoms with Gasteiger partial charge in [0.15, 0.2) is 5.96 Å². The number of likely N-dealkylation sites (N-methyl/N-ethyl adjacent to an activating group) is 1. The SMILES string of the molecule is CCN1CCN(c2ccc(CNC(=NC)NCC(C)c3ccsc3)cn2)CC1. The van der Waals surface area contributed by atoms with Crippen LogP contribution < -0.4 is 15.5 Å². The van der Waals surface area contributed by atoms with Crippen LogP contribution in [0.3, 0.4) is 0 Å². The van der Waals surface area contributed by atoms with Crippen LogP contribution in [0.4, 0.5) is 5.82 Å². The van der Waals surface area contributed by atoms with Gasteiger partial charge in [0.2, 0.25) is 0 Å².